The van der Waals surface area contributed by atoms with Gasteiger partial charge in [-0.1, -0.05) is 11.6 Å². The molecule has 0 saturated carbocycles. The van der Waals surface area contributed by atoms with Crippen LogP contribution in [0.5, 0.6) is 17.2 Å². The zero-order valence-electron chi connectivity index (χ0n) is 15.0. The Morgan fingerprint density at radius 2 is 1.92 bits per heavy atom. The van der Waals surface area contributed by atoms with Crippen LogP contribution >= 0.6 is 0 Å². The number of nitrogens with zero attached hydrogens (tertiary/aromatic N) is 2. The summed E-state index contributed by atoms with van der Waals surface area (Å²) in [5.74, 6) is 1.31. The molecule has 0 fully saturated rings. The fraction of sp³-hybridized carbons (Fsp3) is 0.474. The number of methoxy groups -OCH3 is 3. The summed E-state index contributed by atoms with van der Waals surface area (Å²) in [5, 5.41) is 0.467. The lowest BCUT2D eigenvalue weighted by Crippen LogP contribution is -2.21. The summed E-state index contributed by atoms with van der Waals surface area (Å²) in [6, 6.07) is 1.67. The zero-order valence-corrected chi connectivity index (χ0v) is 15.0. The molecule has 25 heavy (non-hydrogen) atoms. The first-order valence-electron chi connectivity index (χ1n) is 8.55. The molecule has 6 heteroatoms. The van der Waals surface area contributed by atoms with E-state index in [4.69, 9.17) is 14.2 Å². The van der Waals surface area contributed by atoms with E-state index in [1.165, 1.54) is 39.7 Å². The number of ether oxygens (including phenoxy) is 3. The van der Waals surface area contributed by atoms with E-state index >= 15 is 0 Å². The molecule has 0 atom stereocenters. The van der Waals surface area contributed by atoms with Crippen molar-refractivity contribution in [2.45, 2.75) is 38.6 Å². The normalized spacial score (nSPS) is 14.3. The first-order chi connectivity index (χ1) is 12.2. The molecule has 1 heterocycles. The van der Waals surface area contributed by atoms with Crippen molar-refractivity contribution in [3.8, 4) is 17.2 Å². The topological polar surface area (TPSA) is 62.6 Å². The maximum absolute atomic E-state index is 12.9. The van der Waals surface area contributed by atoms with E-state index in [-0.39, 0.29) is 5.56 Å². The van der Waals surface area contributed by atoms with Crippen LogP contribution in [0.1, 0.15) is 32.1 Å². The van der Waals surface area contributed by atoms with Gasteiger partial charge >= 0.3 is 0 Å². The van der Waals surface area contributed by atoms with E-state index in [2.05, 4.69) is 11.1 Å². The molecule has 1 aromatic carbocycles. The number of aryl methyl sites for hydroxylation is 1. The van der Waals surface area contributed by atoms with Crippen molar-refractivity contribution >= 4 is 10.9 Å². The third-order valence-corrected chi connectivity index (χ3v) is 4.68. The van der Waals surface area contributed by atoms with Crippen molar-refractivity contribution < 1.29 is 14.2 Å². The maximum Gasteiger partial charge on any atom is 0.261 e. The number of aromatic nitrogens is 2. The van der Waals surface area contributed by atoms with Crippen LogP contribution in [0.25, 0.3) is 10.9 Å². The molecule has 0 spiro atoms. The van der Waals surface area contributed by atoms with Gasteiger partial charge in [0.25, 0.3) is 5.56 Å². The molecule has 6 nitrogen and oxygen atoms in total. The molecule has 134 valence electrons. The van der Waals surface area contributed by atoms with Gasteiger partial charge in [0.05, 0.1) is 33.0 Å². The van der Waals surface area contributed by atoms with Gasteiger partial charge in [-0.15, -0.1) is 0 Å². The van der Waals surface area contributed by atoms with Crippen LogP contribution in [0.15, 0.2) is 28.8 Å². The maximum atomic E-state index is 12.9. The van der Waals surface area contributed by atoms with Crippen LogP contribution in [-0.2, 0) is 6.54 Å². The molecule has 3 rings (SSSR count). The molecule has 0 unspecified atom stereocenters. The van der Waals surface area contributed by atoms with E-state index in [0.29, 0.717) is 34.7 Å². The minimum atomic E-state index is -0.0966. The average Bonchev–Trinajstić information content (AvgIpc) is 2.66. The molecule has 0 aliphatic heterocycles. The predicted octanol–water partition coefficient (Wildman–Crippen LogP) is 3.31. The molecule has 0 amide bonds. The number of benzene rings is 1. The molecular weight excluding hydrogens is 320 g/mol. The van der Waals surface area contributed by atoms with Gasteiger partial charge in [-0.25, -0.2) is 4.98 Å². The molecule has 1 aliphatic rings. The Labute approximate surface area is 147 Å². The van der Waals surface area contributed by atoms with Gasteiger partial charge in [-0.3, -0.25) is 9.36 Å². The Balaban J connectivity index is 2.01. The standard InChI is InChI=1S/C19H24N2O4/c1-23-15-11-14-16(18(25-3)17(15)24-2)20-12-21(19(14)22)10-9-13-7-5-4-6-8-13/h7,11-12H,4-6,8-10H2,1-3H3. The second-order valence-corrected chi connectivity index (χ2v) is 6.14. The van der Waals surface area contributed by atoms with Gasteiger partial charge in [0.2, 0.25) is 5.75 Å². The Bertz CT molecular complexity index is 855. The van der Waals surface area contributed by atoms with Gasteiger partial charge in [0.1, 0.15) is 5.52 Å². The minimum absolute atomic E-state index is 0.0966. The number of rotatable bonds is 6. The van der Waals surface area contributed by atoms with Crippen LogP contribution in [-0.4, -0.2) is 30.9 Å². The van der Waals surface area contributed by atoms with E-state index < -0.39 is 0 Å². The molecule has 0 bridgehead atoms. The Morgan fingerprint density at radius 1 is 1.12 bits per heavy atom. The SMILES string of the molecule is COc1cc2c(=O)n(CCC3=CCCCC3)cnc2c(OC)c1OC. The predicted molar refractivity (Wildman–Crippen MR) is 96.8 cm³/mol. The Kier molecular flexibility index (Phi) is 5.26. The third kappa shape index (κ3) is 3.34. The monoisotopic (exact) mass is 344 g/mol. The number of hydrogen-bond donors (Lipinski definition) is 0. The summed E-state index contributed by atoms with van der Waals surface area (Å²) in [4.78, 5) is 17.3. The van der Waals surface area contributed by atoms with E-state index in [0.717, 1.165) is 19.3 Å². The van der Waals surface area contributed by atoms with Gasteiger partial charge in [-0.05, 0) is 38.2 Å². The van der Waals surface area contributed by atoms with E-state index in [9.17, 15) is 4.79 Å². The lowest BCUT2D eigenvalue weighted by Gasteiger charge is -2.16. The van der Waals surface area contributed by atoms with Crippen LogP contribution < -0.4 is 19.8 Å². The quantitative estimate of drug-likeness (QED) is 0.752. The summed E-state index contributed by atoms with van der Waals surface area (Å²) in [6.07, 6.45) is 9.57. The van der Waals surface area contributed by atoms with Crippen LogP contribution in [0, 0.1) is 0 Å². The number of hydrogen-bond acceptors (Lipinski definition) is 5. The highest BCUT2D eigenvalue weighted by atomic mass is 16.5. The van der Waals surface area contributed by atoms with Crippen molar-refractivity contribution in [2.75, 3.05) is 21.3 Å². The first-order valence-corrected chi connectivity index (χ1v) is 8.55. The number of allylic oxidation sites excluding steroid dienone is 2. The minimum Gasteiger partial charge on any atom is -0.493 e. The summed E-state index contributed by atoms with van der Waals surface area (Å²) in [7, 11) is 4.60. The Morgan fingerprint density at radius 3 is 2.56 bits per heavy atom. The van der Waals surface area contributed by atoms with Gasteiger partial charge in [0.15, 0.2) is 11.5 Å². The fourth-order valence-corrected chi connectivity index (χ4v) is 3.32. The molecule has 0 N–H and O–H groups in total. The third-order valence-electron chi connectivity index (χ3n) is 4.68. The Hall–Kier alpha value is -2.50. The second-order valence-electron chi connectivity index (χ2n) is 6.14. The van der Waals surface area contributed by atoms with Crippen molar-refractivity contribution in [1.82, 2.24) is 9.55 Å². The van der Waals surface area contributed by atoms with Crippen LogP contribution in [0.2, 0.25) is 0 Å². The molecule has 0 saturated heterocycles. The van der Waals surface area contributed by atoms with Crippen molar-refractivity contribution in [3.63, 3.8) is 0 Å². The average molecular weight is 344 g/mol. The highest BCUT2D eigenvalue weighted by Crippen LogP contribution is 2.41. The molecule has 2 aromatic rings. The second kappa shape index (κ2) is 7.59. The molecule has 0 radical (unpaired) electrons. The molecular formula is C19H24N2O4. The molecule has 1 aliphatic carbocycles. The van der Waals surface area contributed by atoms with Gasteiger partial charge in [-0.2, -0.15) is 0 Å². The highest BCUT2D eigenvalue weighted by molar-refractivity contribution is 5.89. The van der Waals surface area contributed by atoms with Crippen molar-refractivity contribution in [2.24, 2.45) is 0 Å². The summed E-state index contributed by atoms with van der Waals surface area (Å²) >= 11 is 0. The van der Waals surface area contributed by atoms with Crippen LogP contribution in [0.4, 0.5) is 0 Å². The van der Waals surface area contributed by atoms with E-state index in [1.54, 1.807) is 17.0 Å². The fourth-order valence-electron chi connectivity index (χ4n) is 3.32. The highest BCUT2D eigenvalue weighted by Gasteiger charge is 2.19. The molecule has 1 aromatic heterocycles. The van der Waals surface area contributed by atoms with E-state index in [1.807, 2.05) is 0 Å². The van der Waals surface area contributed by atoms with Gasteiger partial charge in [0, 0.05) is 6.54 Å². The van der Waals surface area contributed by atoms with Gasteiger partial charge < -0.3 is 14.2 Å². The lowest BCUT2D eigenvalue weighted by atomic mass is 9.97. The van der Waals surface area contributed by atoms with Crippen molar-refractivity contribution in [1.29, 1.82) is 0 Å². The summed E-state index contributed by atoms with van der Waals surface area (Å²) in [6.45, 7) is 0.629. The van der Waals surface area contributed by atoms with Crippen molar-refractivity contribution in [3.05, 3.63) is 34.4 Å². The smallest absolute Gasteiger partial charge is 0.261 e. The summed E-state index contributed by atoms with van der Waals surface area (Å²) in [5.41, 5.74) is 1.82. The summed E-state index contributed by atoms with van der Waals surface area (Å²) < 4.78 is 17.8. The zero-order chi connectivity index (χ0) is 17.8. The lowest BCUT2D eigenvalue weighted by molar-refractivity contribution is 0.326. The van der Waals surface area contributed by atoms with Crippen LogP contribution in [0.3, 0.4) is 0 Å². The first kappa shape index (κ1) is 17.3. The largest absolute Gasteiger partial charge is 0.493 e. The number of fused-ring (bicyclic) bond motifs is 1.